The SMILES string of the molecule is Cc1c[c-]c(/C(=C2/N=C(c3ccc(C#CCO)cc3)C=C2Cc2ccccc2)c2[c-]cc(-c3ccc(C#CCO)cc3)n2[B]F)c(Cl)c1.[V+2].c1ccccc1. The normalized spacial score (nSPS) is 12.3. The second kappa shape index (κ2) is 20.2. The molecule has 2 radical (unpaired) electrons. The zero-order chi connectivity index (χ0) is 37.7. The number of hydrogen-bond acceptors (Lipinski definition) is 3. The number of benzene rings is 5. The van der Waals surface area contributed by atoms with Gasteiger partial charge in [0.05, 0.1) is 5.71 Å². The summed E-state index contributed by atoms with van der Waals surface area (Å²) < 4.78 is 16.5. The van der Waals surface area contributed by atoms with Gasteiger partial charge < -0.3 is 19.0 Å². The predicted octanol–water partition coefficient (Wildman–Crippen LogP) is 8.87. The van der Waals surface area contributed by atoms with E-state index in [1.54, 1.807) is 6.07 Å². The maximum Gasteiger partial charge on any atom is 2.00 e. The molecule has 5 aromatic carbocycles. The number of nitrogens with zero attached hydrogens (tertiary/aromatic N) is 2. The van der Waals surface area contributed by atoms with Gasteiger partial charge in [0, 0.05) is 22.4 Å². The van der Waals surface area contributed by atoms with E-state index in [-0.39, 0.29) is 31.8 Å². The van der Waals surface area contributed by atoms with Crippen molar-refractivity contribution in [3.8, 4) is 34.9 Å². The van der Waals surface area contributed by atoms with E-state index < -0.39 is 0 Å². The number of aromatic nitrogens is 1. The Morgan fingerprint density at radius 1 is 0.782 bits per heavy atom. The molecule has 1 aliphatic heterocycles. The first-order valence-electron chi connectivity index (χ1n) is 17.2. The second-order valence-corrected chi connectivity index (χ2v) is 12.6. The average molecular weight is 775 g/mol. The van der Waals surface area contributed by atoms with Crippen molar-refractivity contribution in [1.82, 2.24) is 4.48 Å². The van der Waals surface area contributed by atoms with Crippen molar-refractivity contribution in [2.24, 2.45) is 4.99 Å². The summed E-state index contributed by atoms with van der Waals surface area (Å²) in [5.74, 6) is 11.1. The fraction of sp³-hybridized carbons (Fsp3) is 0.0851. The van der Waals surface area contributed by atoms with Crippen molar-refractivity contribution in [2.75, 3.05) is 13.2 Å². The molecule has 6 aromatic rings. The minimum Gasteiger partial charge on any atom is -0.433 e. The van der Waals surface area contributed by atoms with Gasteiger partial charge in [-0.3, -0.25) is 4.99 Å². The zero-order valence-corrected chi connectivity index (χ0v) is 32.1. The average Bonchev–Trinajstić information content (AvgIpc) is 3.83. The maximum absolute atomic E-state index is 15.1. The monoisotopic (exact) mass is 774 g/mol. The fourth-order valence-corrected chi connectivity index (χ4v) is 6.23. The van der Waals surface area contributed by atoms with Crippen LogP contribution in [-0.2, 0) is 25.0 Å². The van der Waals surface area contributed by atoms with Crippen LogP contribution < -0.4 is 0 Å². The van der Waals surface area contributed by atoms with Gasteiger partial charge >= 0.3 is 26.2 Å². The Hall–Kier alpha value is -5.56. The van der Waals surface area contributed by atoms with Gasteiger partial charge in [0.1, 0.15) is 13.2 Å². The fourth-order valence-electron chi connectivity index (χ4n) is 5.91. The Labute approximate surface area is 340 Å². The molecular formula is C47H34BClFN2O2V. The summed E-state index contributed by atoms with van der Waals surface area (Å²) in [6.07, 6.45) is 2.62. The Morgan fingerprint density at radius 3 is 1.89 bits per heavy atom. The maximum atomic E-state index is 15.1. The van der Waals surface area contributed by atoms with Crippen LogP contribution >= 0.6 is 11.6 Å². The molecule has 0 aliphatic carbocycles. The third-order valence-electron chi connectivity index (χ3n) is 8.44. The van der Waals surface area contributed by atoms with Crippen LogP contribution in [0.5, 0.6) is 0 Å². The molecular weight excluding hydrogens is 741 g/mol. The Kier molecular flexibility index (Phi) is 14.9. The van der Waals surface area contributed by atoms with Gasteiger partial charge in [-0.05, 0) is 52.9 Å². The number of aliphatic hydroxyl groups excluding tert-OH is 2. The molecule has 0 fully saturated rings. The molecule has 2 N–H and O–H groups in total. The van der Waals surface area contributed by atoms with Crippen LogP contribution in [0, 0.1) is 42.7 Å². The molecule has 0 unspecified atom stereocenters. The quantitative estimate of drug-likeness (QED) is 0.0968. The molecule has 7 rings (SSSR count). The van der Waals surface area contributed by atoms with Crippen molar-refractivity contribution < 1.29 is 33.1 Å². The van der Waals surface area contributed by atoms with E-state index in [4.69, 9.17) is 26.8 Å². The number of hydrogen-bond donors (Lipinski definition) is 2. The first-order valence-corrected chi connectivity index (χ1v) is 17.6. The van der Waals surface area contributed by atoms with Crippen molar-refractivity contribution in [1.29, 1.82) is 0 Å². The summed E-state index contributed by atoms with van der Waals surface area (Å²) in [5.41, 5.74) is 9.66. The van der Waals surface area contributed by atoms with Gasteiger partial charge in [-0.2, -0.15) is 12.1 Å². The van der Waals surface area contributed by atoms with Crippen LogP contribution in [0.2, 0.25) is 5.02 Å². The molecule has 0 spiro atoms. The summed E-state index contributed by atoms with van der Waals surface area (Å²) in [5, 5.41) is 18.6. The molecule has 1 aliphatic rings. The van der Waals surface area contributed by atoms with E-state index in [9.17, 15) is 0 Å². The summed E-state index contributed by atoms with van der Waals surface area (Å²) in [7, 11) is 0.523. The smallest absolute Gasteiger partial charge is 0.433 e. The minimum absolute atomic E-state index is 0. The van der Waals surface area contributed by atoms with Gasteiger partial charge in [0.15, 0.2) is 0 Å². The van der Waals surface area contributed by atoms with Crippen LogP contribution in [-0.4, -0.2) is 41.3 Å². The van der Waals surface area contributed by atoms with Crippen LogP contribution in [0.4, 0.5) is 4.32 Å². The number of aliphatic imine (C=N–C) groups is 1. The van der Waals surface area contributed by atoms with Crippen LogP contribution in [0.15, 0.2) is 156 Å². The number of allylic oxidation sites excluding steroid dienone is 2. The van der Waals surface area contributed by atoms with E-state index in [2.05, 4.69) is 54.0 Å². The van der Waals surface area contributed by atoms with E-state index in [1.807, 2.05) is 122 Å². The van der Waals surface area contributed by atoms with Gasteiger partial charge in [0.2, 0.25) is 0 Å². The third kappa shape index (κ3) is 10.4. The van der Waals surface area contributed by atoms with Crippen LogP contribution in [0.1, 0.15) is 39.1 Å². The molecule has 0 amide bonds. The van der Waals surface area contributed by atoms with E-state index in [0.717, 1.165) is 44.7 Å². The molecule has 55 heavy (non-hydrogen) atoms. The summed E-state index contributed by atoms with van der Waals surface area (Å²) in [4.78, 5) is 5.19. The van der Waals surface area contributed by atoms with Crippen molar-refractivity contribution in [2.45, 2.75) is 13.3 Å². The minimum atomic E-state index is -0.231. The molecule has 4 nitrogen and oxygen atoms in total. The van der Waals surface area contributed by atoms with E-state index >= 15 is 4.32 Å². The van der Waals surface area contributed by atoms with Gasteiger partial charge in [0.25, 0.3) is 0 Å². The zero-order valence-electron chi connectivity index (χ0n) is 30.0. The topological polar surface area (TPSA) is 57.8 Å². The number of rotatable bonds is 7. The van der Waals surface area contributed by atoms with Crippen LogP contribution in [0.25, 0.3) is 16.8 Å². The molecule has 0 saturated carbocycles. The Balaban J connectivity index is 0.000000757. The first-order chi connectivity index (χ1) is 26.5. The number of aryl methyl sites for hydroxylation is 1. The third-order valence-corrected chi connectivity index (χ3v) is 8.74. The summed E-state index contributed by atoms with van der Waals surface area (Å²) in [6, 6.07) is 49.3. The molecule has 1 aromatic heterocycles. The van der Waals surface area contributed by atoms with Gasteiger partial charge in [-0.25, -0.2) is 0 Å². The molecule has 0 atom stereocenters. The predicted molar refractivity (Wildman–Crippen MR) is 218 cm³/mol. The first kappa shape index (κ1) is 40.6. The molecule has 8 heteroatoms. The molecule has 266 valence electrons. The van der Waals surface area contributed by atoms with Crippen molar-refractivity contribution in [3.63, 3.8) is 0 Å². The van der Waals surface area contributed by atoms with E-state index in [1.165, 1.54) is 4.48 Å². The summed E-state index contributed by atoms with van der Waals surface area (Å²) in [6.45, 7) is 1.50. The molecule has 0 bridgehead atoms. The number of halogens is 2. The Bertz CT molecular complexity index is 2410. The van der Waals surface area contributed by atoms with Crippen LogP contribution in [0.3, 0.4) is 0 Å². The molecule has 0 saturated heterocycles. The van der Waals surface area contributed by atoms with E-state index in [0.29, 0.717) is 47.4 Å². The van der Waals surface area contributed by atoms with Gasteiger partial charge in [-0.1, -0.05) is 144 Å². The largest absolute Gasteiger partial charge is 2.00 e. The standard InChI is InChI=1S/C41H28BClFN2O2.C6H6.V/c1-28-11-20-35(36(43)25-28)40(39-22-21-38(46(39)42-44)33-18-14-30(15-19-33)10-6-24-48)41-34(26-31-7-3-2-4-8-31)27-37(45-41)32-16-12-29(13-17-32)9-5-23-47;1-2-4-6-5-3-1;/h2-4,7-8,11-19,21,25,27,47-48H,23-24,26H2,1H3;1-6H;/q-2;;+2/b41-40-;;. The number of aliphatic hydroxyl groups is 2. The Morgan fingerprint density at radius 2 is 1.35 bits per heavy atom. The summed E-state index contributed by atoms with van der Waals surface area (Å²) >= 11 is 6.93. The van der Waals surface area contributed by atoms with Gasteiger partial charge in [-0.15, -0.1) is 40.9 Å². The van der Waals surface area contributed by atoms with Crippen molar-refractivity contribution >= 4 is 30.6 Å². The molecule has 2 heterocycles. The second-order valence-electron chi connectivity index (χ2n) is 12.2. The van der Waals surface area contributed by atoms with Crippen molar-refractivity contribution in [3.05, 3.63) is 207 Å².